The molecule has 0 radical (unpaired) electrons. The van der Waals surface area contributed by atoms with Gasteiger partial charge in [-0.1, -0.05) is 20.8 Å². The van der Waals surface area contributed by atoms with Crippen LogP contribution in [0.5, 0.6) is 0 Å². The first-order valence-corrected chi connectivity index (χ1v) is 6.18. The SMILES string of the molecule is CC(C)(C)C1CCN(c2nc(Cl)ncc2F)C1. The van der Waals surface area contributed by atoms with Gasteiger partial charge in [-0.25, -0.2) is 9.37 Å². The van der Waals surface area contributed by atoms with Crippen LogP contribution in [0.1, 0.15) is 27.2 Å². The summed E-state index contributed by atoms with van der Waals surface area (Å²) in [7, 11) is 0. The minimum Gasteiger partial charge on any atom is -0.354 e. The third kappa shape index (κ3) is 2.68. The summed E-state index contributed by atoms with van der Waals surface area (Å²) in [5.41, 5.74) is 0.238. The molecule has 1 unspecified atom stereocenters. The molecule has 0 saturated carbocycles. The lowest BCUT2D eigenvalue weighted by Gasteiger charge is -2.27. The van der Waals surface area contributed by atoms with Crippen molar-refractivity contribution in [2.45, 2.75) is 27.2 Å². The minimum atomic E-state index is -0.399. The summed E-state index contributed by atoms with van der Waals surface area (Å²) in [6.45, 7) is 8.29. The van der Waals surface area contributed by atoms with Crippen molar-refractivity contribution in [1.82, 2.24) is 9.97 Å². The van der Waals surface area contributed by atoms with Gasteiger partial charge in [0.1, 0.15) is 0 Å². The van der Waals surface area contributed by atoms with E-state index in [-0.39, 0.29) is 10.7 Å². The van der Waals surface area contributed by atoms with Crippen molar-refractivity contribution in [3.63, 3.8) is 0 Å². The van der Waals surface area contributed by atoms with Gasteiger partial charge in [0.05, 0.1) is 6.20 Å². The van der Waals surface area contributed by atoms with E-state index in [1.165, 1.54) is 0 Å². The van der Waals surface area contributed by atoms with Gasteiger partial charge in [0.25, 0.3) is 0 Å². The fourth-order valence-electron chi connectivity index (χ4n) is 2.22. The number of hydrogen-bond donors (Lipinski definition) is 0. The summed E-state index contributed by atoms with van der Waals surface area (Å²) >= 11 is 5.71. The number of nitrogens with zero attached hydrogens (tertiary/aromatic N) is 3. The number of aromatic nitrogens is 2. The van der Waals surface area contributed by atoms with Gasteiger partial charge in [-0.3, -0.25) is 0 Å². The molecule has 1 aliphatic heterocycles. The molecule has 0 N–H and O–H groups in total. The van der Waals surface area contributed by atoms with Crippen LogP contribution in [0, 0.1) is 17.2 Å². The fourth-order valence-corrected chi connectivity index (χ4v) is 2.35. The van der Waals surface area contributed by atoms with Crippen LogP contribution in [0.15, 0.2) is 6.20 Å². The van der Waals surface area contributed by atoms with Gasteiger partial charge in [-0.15, -0.1) is 0 Å². The highest BCUT2D eigenvalue weighted by molar-refractivity contribution is 6.28. The van der Waals surface area contributed by atoms with E-state index in [0.29, 0.717) is 11.7 Å². The molecule has 17 heavy (non-hydrogen) atoms. The second-order valence-corrected chi connectivity index (χ2v) is 5.95. The molecule has 1 atom stereocenters. The predicted molar refractivity (Wildman–Crippen MR) is 66.8 cm³/mol. The lowest BCUT2D eigenvalue weighted by molar-refractivity contribution is 0.263. The standard InChI is InChI=1S/C12H17ClFN3/c1-12(2,3)8-4-5-17(7-8)10-9(14)6-15-11(13)16-10/h6,8H,4-5,7H2,1-3H3. The van der Waals surface area contributed by atoms with Crippen LogP contribution in [0.2, 0.25) is 5.28 Å². The monoisotopic (exact) mass is 257 g/mol. The molecule has 0 spiro atoms. The molecule has 2 rings (SSSR count). The lowest BCUT2D eigenvalue weighted by atomic mass is 9.80. The maximum Gasteiger partial charge on any atom is 0.224 e. The van der Waals surface area contributed by atoms with E-state index in [1.54, 1.807) is 0 Å². The van der Waals surface area contributed by atoms with Crippen LogP contribution in [0.3, 0.4) is 0 Å². The summed E-state index contributed by atoms with van der Waals surface area (Å²) in [4.78, 5) is 9.56. The summed E-state index contributed by atoms with van der Waals surface area (Å²) in [6.07, 6.45) is 2.19. The molecule has 1 aromatic heterocycles. The Bertz CT molecular complexity index is 417. The summed E-state index contributed by atoms with van der Waals surface area (Å²) in [5, 5.41) is 0.0978. The van der Waals surface area contributed by atoms with Crippen molar-refractivity contribution in [3.8, 4) is 0 Å². The molecule has 94 valence electrons. The second kappa shape index (κ2) is 4.41. The smallest absolute Gasteiger partial charge is 0.224 e. The topological polar surface area (TPSA) is 29.0 Å². The van der Waals surface area contributed by atoms with Crippen LogP contribution in [0.25, 0.3) is 0 Å². The van der Waals surface area contributed by atoms with E-state index in [9.17, 15) is 4.39 Å². The molecule has 3 nitrogen and oxygen atoms in total. The molecule has 2 heterocycles. The Morgan fingerprint density at radius 1 is 1.47 bits per heavy atom. The highest BCUT2D eigenvalue weighted by atomic mass is 35.5. The van der Waals surface area contributed by atoms with Gasteiger partial charge < -0.3 is 4.90 Å². The number of hydrogen-bond acceptors (Lipinski definition) is 3. The van der Waals surface area contributed by atoms with E-state index >= 15 is 0 Å². The Hall–Kier alpha value is -0.900. The largest absolute Gasteiger partial charge is 0.354 e. The number of rotatable bonds is 1. The van der Waals surface area contributed by atoms with E-state index in [2.05, 4.69) is 30.7 Å². The lowest BCUT2D eigenvalue weighted by Crippen LogP contribution is -2.27. The van der Waals surface area contributed by atoms with Crippen molar-refractivity contribution >= 4 is 17.4 Å². The molecule has 0 aliphatic carbocycles. The van der Waals surface area contributed by atoms with Crippen LogP contribution < -0.4 is 4.90 Å². The van der Waals surface area contributed by atoms with Crippen LogP contribution in [-0.4, -0.2) is 23.1 Å². The average Bonchev–Trinajstić information content (AvgIpc) is 2.70. The Kier molecular flexibility index (Phi) is 3.25. The summed E-state index contributed by atoms with van der Waals surface area (Å²) < 4.78 is 13.6. The van der Waals surface area contributed by atoms with E-state index in [4.69, 9.17) is 11.6 Å². The van der Waals surface area contributed by atoms with Gasteiger partial charge in [0.15, 0.2) is 11.6 Å². The molecule has 1 fully saturated rings. The fraction of sp³-hybridized carbons (Fsp3) is 0.667. The molecule has 5 heteroatoms. The zero-order chi connectivity index (χ0) is 12.6. The maximum absolute atomic E-state index is 13.6. The summed E-state index contributed by atoms with van der Waals surface area (Å²) in [5.74, 6) is 0.483. The normalized spacial score (nSPS) is 21.0. The Labute approximate surface area is 106 Å². The molecule has 0 amide bonds. The highest BCUT2D eigenvalue weighted by Gasteiger charge is 2.33. The Morgan fingerprint density at radius 3 is 2.76 bits per heavy atom. The van der Waals surface area contributed by atoms with Crippen molar-refractivity contribution in [2.75, 3.05) is 18.0 Å². The molecule has 1 aliphatic rings. The van der Waals surface area contributed by atoms with Crippen molar-refractivity contribution in [3.05, 3.63) is 17.3 Å². The van der Waals surface area contributed by atoms with Gasteiger partial charge in [-0.2, -0.15) is 4.98 Å². The van der Waals surface area contributed by atoms with Crippen LogP contribution in [-0.2, 0) is 0 Å². The number of halogens is 2. The first-order valence-electron chi connectivity index (χ1n) is 5.81. The van der Waals surface area contributed by atoms with Gasteiger partial charge in [-0.05, 0) is 29.4 Å². The molecular formula is C12H17ClFN3. The Balaban J connectivity index is 2.18. The summed E-state index contributed by atoms with van der Waals surface area (Å²) in [6, 6.07) is 0. The second-order valence-electron chi connectivity index (χ2n) is 5.61. The van der Waals surface area contributed by atoms with Gasteiger partial charge in [0.2, 0.25) is 5.28 Å². The molecule has 1 saturated heterocycles. The average molecular weight is 258 g/mol. The third-order valence-electron chi connectivity index (χ3n) is 3.41. The van der Waals surface area contributed by atoms with E-state index in [1.807, 2.05) is 4.90 Å². The third-order valence-corrected chi connectivity index (χ3v) is 3.59. The zero-order valence-electron chi connectivity index (χ0n) is 10.4. The first-order chi connectivity index (χ1) is 7.88. The molecular weight excluding hydrogens is 241 g/mol. The van der Waals surface area contributed by atoms with Crippen molar-refractivity contribution in [2.24, 2.45) is 11.3 Å². The van der Waals surface area contributed by atoms with Crippen LogP contribution in [0.4, 0.5) is 10.2 Å². The van der Waals surface area contributed by atoms with E-state index in [0.717, 1.165) is 25.7 Å². The molecule has 0 bridgehead atoms. The number of anilines is 1. The zero-order valence-corrected chi connectivity index (χ0v) is 11.1. The molecule has 1 aromatic rings. The Morgan fingerprint density at radius 2 is 2.18 bits per heavy atom. The van der Waals surface area contributed by atoms with Crippen molar-refractivity contribution < 1.29 is 4.39 Å². The van der Waals surface area contributed by atoms with E-state index < -0.39 is 5.82 Å². The predicted octanol–water partition coefficient (Wildman–Crippen LogP) is 3.14. The molecule has 0 aromatic carbocycles. The highest BCUT2D eigenvalue weighted by Crippen LogP contribution is 2.35. The van der Waals surface area contributed by atoms with Crippen molar-refractivity contribution in [1.29, 1.82) is 0 Å². The van der Waals surface area contributed by atoms with Gasteiger partial charge in [0, 0.05) is 13.1 Å². The quantitative estimate of drug-likeness (QED) is 0.724. The maximum atomic E-state index is 13.6. The first kappa shape index (κ1) is 12.6. The minimum absolute atomic E-state index is 0.0978. The van der Waals surface area contributed by atoms with Crippen LogP contribution >= 0.6 is 11.6 Å². The van der Waals surface area contributed by atoms with Gasteiger partial charge >= 0.3 is 0 Å².